The summed E-state index contributed by atoms with van der Waals surface area (Å²) >= 11 is 2.24. The van der Waals surface area contributed by atoms with Crippen molar-refractivity contribution in [2.24, 2.45) is 5.92 Å². The molecule has 120 valence electrons. The molecule has 0 saturated carbocycles. The molecule has 1 amide bonds. The Hall–Kier alpha value is -1.31. The fourth-order valence-electron chi connectivity index (χ4n) is 2.51. The van der Waals surface area contributed by atoms with Crippen molar-refractivity contribution in [1.29, 1.82) is 0 Å². The molecule has 0 bridgehead atoms. The summed E-state index contributed by atoms with van der Waals surface area (Å²) in [6.07, 6.45) is 1.38. The van der Waals surface area contributed by atoms with Gasteiger partial charge in [-0.25, -0.2) is 0 Å². The monoisotopic (exact) mass is 416 g/mol. The van der Waals surface area contributed by atoms with E-state index in [1.807, 2.05) is 36.1 Å². The number of benzene rings is 1. The van der Waals surface area contributed by atoms with Crippen molar-refractivity contribution in [3.05, 3.63) is 27.8 Å². The zero-order chi connectivity index (χ0) is 15.9. The third-order valence-corrected chi connectivity index (χ3v) is 4.71. The average molecular weight is 416 g/mol. The molecule has 0 aliphatic carbocycles. The number of esters is 1. The van der Waals surface area contributed by atoms with E-state index < -0.39 is 0 Å². The van der Waals surface area contributed by atoms with Crippen molar-refractivity contribution in [3.8, 4) is 0 Å². The van der Waals surface area contributed by atoms with Crippen LogP contribution < -0.4 is 5.32 Å². The van der Waals surface area contributed by atoms with Crippen molar-refractivity contribution in [1.82, 2.24) is 4.90 Å². The second-order valence-electron chi connectivity index (χ2n) is 5.24. The number of amides is 1. The van der Waals surface area contributed by atoms with Gasteiger partial charge in [-0.3, -0.25) is 9.59 Å². The molecule has 1 heterocycles. The van der Waals surface area contributed by atoms with Crippen molar-refractivity contribution in [2.75, 3.05) is 31.6 Å². The molecule has 1 aromatic rings. The predicted molar refractivity (Wildman–Crippen MR) is 93.6 cm³/mol. The number of para-hydroxylation sites is 1. The minimum Gasteiger partial charge on any atom is -0.466 e. The first-order valence-corrected chi connectivity index (χ1v) is 8.62. The van der Waals surface area contributed by atoms with Crippen LogP contribution in [0.1, 0.15) is 19.8 Å². The second-order valence-corrected chi connectivity index (χ2v) is 6.40. The molecular formula is C16H21IN2O3. The van der Waals surface area contributed by atoms with Crippen LogP contribution in [0.2, 0.25) is 0 Å². The summed E-state index contributed by atoms with van der Waals surface area (Å²) in [6, 6.07) is 7.87. The number of nitrogens with one attached hydrogen (secondary N) is 1. The number of carbonyl (C=O) groups is 2. The van der Waals surface area contributed by atoms with Crippen LogP contribution in [0.15, 0.2) is 24.3 Å². The van der Waals surface area contributed by atoms with E-state index in [4.69, 9.17) is 4.74 Å². The number of piperidine rings is 1. The lowest BCUT2D eigenvalue weighted by atomic mass is 9.97. The maximum absolute atomic E-state index is 12.2. The van der Waals surface area contributed by atoms with Crippen molar-refractivity contribution >= 4 is 40.2 Å². The van der Waals surface area contributed by atoms with Gasteiger partial charge in [-0.05, 0) is 54.5 Å². The molecule has 0 radical (unpaired) electrons. The minimum absolute atomic E-state index is 0.0629. The van der Waals surface area contributed by atoms with Crippen molar-refractivity contribution in [2.45, 2.75) is 19.8 Å². The van der Waals surface area contributed by atoms with Crippen molar-refractivity contribution in [3.63, 3.8) is 0 Å². The SMILES string of the molecule is CCOC(=O)C1CCN(C(=O)CNc2ccccc2I)CC1. The normalized spacial score (nSPS) is 15.5. The molecule has 1 aliphatic rings. The Morgan fingerprint density at radius 2 is 2.00 bits per heavy atom. The Balaban J connectivity index is 1.78. The first-order chi connectivity index (χ1) is 10.6. The molecule has 22 heavy (non-hydrogen) atoms. The Morgan fingerprint density at radius 1 is 1.32 bits per heavy atom. The maximum atomic E-state index is 12.2. The number of ether oxygens (including phenoxy) is 1. The Labute approximate surface area is 144 Å². The maximum Gasteiger partial charge on any atom is 0.309 e. The Bertz CT molecular complexity index is 528. The Morgan fingerprint density at radius 3 is 2.64 bits per heavy atom. The third-order valence-electron chi connectivity index (χ3n) is 3.77. The van der Waals surface area contributed by atoms with Crippen LogP contribution in [0, 0.1) is 9.49 Å². The number of nitrogens with zero attached hydrogens (tertiary/aromatic N) is 1. The van der Waals surface area contributed by atoms with Gasteiger partial charge >= 0.3 is 5.97 Å². The Kier molecular flexibility index (Phi) is 6.48. The van der Waals surface area contributed by atoms with Gasteiger partial charge in [0, 0.05) is 22.3 Å². The van der Waals surface area contributed by atoms with E-state index in [1.54, 1.807) is 0 Å². The number of hydrogen-bond donors (Lipinski definition) is 1. The van der Waals surface area contributed by atoms with Gasteiger partial charge in [0.05, 0.1) is 19.1 Å². The summed E-state index contributed by atoms with van der Waals surface area (Å²) in [5.41, 5.74) is 0.970. The van der Waals surface area contributed by atoms with Gasteiger partial charge in [-0.2, -0.15) is 0 Å². The summed E-state index contributed by atoms with van der Waals surface area (Å²) in [7, 11) is 0. The van der Waals surface area contributed by atoms with Gasteiger partial charge in [0.1, 0.15) is 0 Å². The molecule has 1 N–H and O–H groups in total. The van der Waals surface area contributed by atoms with E-state index in [9.17, 15) is 9.59 Å². The lowest BCUT2D eigenvalue weighted by Crippen LogP contribution is -2.43. The smallest absolute Gasteiger partial charge is 0.309 e. The van der Waals surface area contributed by atoms with Gasteiger partial charge in [0.15, 0.2) is 0 Å². The zero-order valence-corrected chi connectivity index (χ0v) is 14.8. The lowest BCUT2D eigenvalue weighted by molar-refractivity contribution is -0.151. The summed E-state index contributed by atoms with van der Waals surface area (Å²) in [5, 5.41) is 3.17. The first kappa shape index (κ1) is 17.1. The molecule has 1 fully saturated rings. The number of rotatable bonds is 5. The van der Waals surface area contributed by atoms with Crippen LogP contribution in [0.5, 0.6) is 0 Å². The van der Waals surface area contributed by atoms with Gasteiger partial charge in [-0.1, -0.05) is 12.1 Å². The van der Waals surface area contributed by atoms with Crippen LogP contribution in [0.3, 0.4) is 0 Å². The van der Waals surface area contributed by atoms with E-state index in [1.165, 1.54) is 0 Å². The highest BCUT2D eigenvalue weighted by Gasteiger charge is 2.27. The zero-order valence-electron chi connectivity index (χ0n) is 12.7. The highest BCUT2D eigenvalue weighted by atomic mass is 127. The molecule has 0 spiro atoms. The fourth-order valence-corrected chi connectivity index (χ4v) is 3.09. The molecule has 0 atom stereocenters. The molecule has 1 saturated heterocycles. The molecule has 0 unspecified atom stereocenters. The second kappa shape index (κ2) is 8.36. The van der Waals surface area contributed by atoms with Crippen LogP contribution in [-0.4, -0.2) is 43.0 Å². The average Bonchev–Trinajstić information content (AvgIpc) is 2.54. The number of carbonyl (C=O) groups excluding carboxylic acids is 2. The van der Waals surface area contributed by atoms with Crippen molar-refractivity contribution < 1.29 is 14.3 Å². The van der Waals surface area contributed by atoms with Crippen LogP contribution >= 0.6 is 22.6 Å². The van der Waals surface area contributed by atoms with Crippen LogP contribution in [0.25, 0.3) is 0 Å². The molecular weight excluding hydrogens is 395 g/mol. The molecule has 2 rings (SSSR count). The molecule has 1 aromatic carbocycles. The highest BCUT2D eigenvalue weighted by molar-refractivity contribution is 14.1. The third kappa shape index (κ3) is 4.59. The van der Waals surface area contributed by atoms with Crippen LogP contribution in [0.4, 0.5) is 5.69 Å². The van der Waals surface area contributed by atoms with E-state index >= 15 is 0 Å². The van der Waals surface area contributed by atoms with E-state index in [2.05, 4.69) is 27.9 Å². The molecule has 6 heteroatoms. The minimum atomic E-state index is -0.133. The highest BCUT2D eigenvalue weighted by Crippen LogP contribution is 2.20. The van der Waals surface area contributed by atoms with E-state index in [0.717, 1.165) is 9.26 Å². The van der Waals surface area contributed by atoms with E-state index in [-0.39, 0.29) is 24.3 Å². The first-order valence-electron chi connectivity index (χ1n) is 7.54. The molecule has 0 aromatic heterocycles. The number of likely N-dealkylation sites (tertiary alicyclic amines) is 1. The summed E-state index contributed by atoms with van der Waals surface area (Å²) in [5.74, 6) is -0.124. The topological polar surface area (TPSA) is 58.6 Å². The summed E-state index contributed by atoms with van der Waals surface area (Å²) < 4.78 is 6.13. The molecule has 1 aliphatic heterocycles. The number of anilines is 1. The lowest BCUT2D eigenvalue weighted by Gasteiger charge is -2.31. The quantitative estimate of drug-likeness (QED) is 0.592. The van der Waals surface area contributed by atoms with Crippen LogP contribution in [-0.2, 0) is 14.3 Å². The summed E-state index contributed by atoms with van der Waals surface area (Å²) in [4.78, 5) is 25.7. The van der Waals surface area contributed by atoms with Gasteiger partial charge in [0.25, 0.3) is 0 Å². The van der Waals surface area contributed by atoms with E-state index in [0.29, 0.717) is 32.5 Å². The number of halogens is 1. The standard InChI is InChI=1S/C16H21IN2O3/c1-2-22-16(21)12-7-9-19(10-8-12)15(20)11-18-14-6-4-3-5-13(14)17/h3-6,12,18H,2,7-11H2,1H3. The number of hydrogen-bond acceptors (Lipinski definition) is 4. The van der Waals surface area contributed by atoms with Gasteiger partial charge in [-0.15, -0.1) is 0 Å². The summed E-state index contributed by atoms with van der Waals surface area (Å²) in [6.45, 7) is 3.75. The predicted octanol–water partition coefficient (Wildman–Crippen LogP) is 2.50. The fraction of sp³-hybridized carbons (Fsp3) is 0.500. The molecule has 5 nitrogen and oxygen atoms in total. The van der Waals surface area contributed by atoms with Gasteiger partial charge in [0.2, 0.25) is 5.91 Å². The largest absolute Gasteiger partial charge is 0.466 e. The van der Waals surface area contributed by atoms with Gasteiger partial charge < -0.3 is 15.0 Å².